The van der Waals surface area contributed by atoms with Gasteiger partial charge in [-0.1, -0.05) is 5.57 Å². The minimum atomic E-state index is 0.644. The Morgan fingerprint density at radius 3 is 2.84 bits per heavy atom. The Bertz CT molecular complexity index is 405. The van der Waals surface area contributed by atoms with Crippen LogP contribution in [-0.2, 0) is 11.3 Å². The number of rotatable bonds is 9. The first-order valence-electron chi connectivity index (χ1n) is 6.57. The van der Waals surface area contributed by atoms with Gasteiger partial charge in [0.05, 0.1) is 18.9 Å². The standard InChI is InChI=1S/C15H24N2O2/c1-12(2)7-9-19-15-6-5-13(3)17-14(15)11-16-8-10-18-4/h5-6,16H,1,7-11H2,2-4H3. The van der Waals surface area contributed by atoms with Gasteiger partial charge in [0, 0.05) is 32.3 Å². The fraction of sp³-hybridized carbons (Fsp3) is 0.533. The van der Waals surface area contributed by atoms with Gasteiger partial charge in [-0.15, -0.1) is 6.58 Å². The van der Waals surface area contributed by atoms with Crippen LogP contribution in [0, 0.1) is 6.92 Å². The normalized spacial score (nSPS) is 10.5. The summed E-state index contributed by atoms with van der Waals surface area (Å²) in [7, 11) is 1.69. The SMILES string of the molecule is C=C(C)CCOc1ccc(C)nc1CNCCOC. The van der Waals surface area contributed by atoms with Gasteiger partial charge in [-0.05, 0) is 26.0 Å². The number of nitrogens with zero attached hydrogens (tertiary/aromatic N) is 1. The summed E-state index contributed by atoms with van der Waals surface area (Å²) in [5.74, 6) is 0.844. The van der Waals surface area contributed by atoms with E-state index in [0.717, 1.165) is 35.7 Å². The fourth-order valence-electron chi connectivity index (χ4n) is 1.57. The molecule has 0 amide bonds. The molecule has 0 aromatic carbocycles. The Balaban J connectivity index is 2.55. The second-order valence-electron chi connectivity index (χ2n) is 4.62. The number of aryl methyl sites for hydroxylation is 1. The van der Waals surface area contributed by atoms with Gasteiger partial charge in [0.2, 0.25) is 0 Å². The molecule has 0 aliphatic rings. The summed E-state index contributed by atoms with van der Waals surface area (Å²) in [4.78, 5) is 4.52. The molecule has 1 aromatic heterocycles. The number of nitrogens with one attached hydrogen (secondary N) is 1. The molecule has 0 saturated heterocycles. The zero-order chi connectivity index (χ0) is 14.1. The molecule has 106 valence electrons. The van der Waals surface area contributed by atoms with E-state index in [1.54, 1.807) is 7.11 Å². The average molecular weight is 264 g/mol. The van der Waals surface area contributed by atoms with Crippen LogP contribution in [-0.4, -0.2) is 31.9 Å². The zero-order valence-electron chi connectivity index (χ0n) is 12.2. The lowest BCUT2D eigenvalue weighted by Crippen LogP contribution is -2.20. The van der Waals surface area contributed by atoms with Crippen molar-refractivity contribution in [3.63, 3.8) is 0 Å². The maximum atomic E-state index is 5.77. The Hall–Kier alpha value is -1.39. The number of pyridine rings is 1. The van der Waals surface area contributed by atoms with E-state index < -0.39 is 0 Å². The molecule has 0 aliphatic heterocycles. The molecule has 0 atom stereocenters. The Kier molecular flexibility index (Phi) is 7.15. The second kappa shape index (κ2) is 8.67. The third-order valence-electron chi connectivity index (χ3n) is 2.63. The van der Waals surface area contributed by atoms with Gasteiger partial charge in [-0.3, -0.25) is 4.98 Å². The van der Waals surface area contributed by atoms with Gasteiger partial charge >= 0.3 is 0 Å². The number of methoxy groups -OCH3 is 1. The van der Waals surface area contributed by atoms with Crippen molar-refractivity contribution in [2.24, 2.45) is 0 Å². The van der Waals surface area contributed by atoms with Gasteiger partial charge in [0.1, 0.15) is 5.75 Å². The van der Waals surface area contributed by atoms with Crippen LogP contribution in [0.15, 0.2) is 24.3 Å². The fourth-order valence-corrected chi connectivity index (χ4v) is 1.57. The molecule has 1 aromatic rings. The summed E-state index contributed by atoms with van der Waals surface area (Å²) < 4.78 is 10.8. The van der Waals surface area contributed by atoms with Crippen LogP contribution in [0.3, 0.4) is 0 Å². The maximum Gasteiger partial charge on any atom is 0.142 e. The maximum absolute atomic E-state index is 5.77. The molecule has 0 saturated carbocycles. The molecule has 4 nitrogen and oxygen atoms in total. The second-order valence-corrected chi connectivity index (χ2v) is 4.62. The van der Waals surface area contributed by atoms with Crippen LogP contribution in [0.5, 0.6) is 5.75 Å². The minimum Gasteiger partial charge on any atom is -0.491 e. The smallest absolute Gasteiger partial charge is 0.142 e. The Labute approximate surface area is 115 Å². The molecular formula is C15H24N2O2. The summed E-state index contributed by atoms with van der Waals surface area (Å²) in [6.07, 6.45) is 0.865. The van der Waals surface area contributed by atoms with Crippen LogP contribution >= 0.6 is 0 Å². The van der Waals surface area contributed by atoms with E-state index in [4.69, 9.17) is 9.47 Å². The van der Waals surface area contributed by atoms with E-state index in [0.29, 0.717) is 19.8 Å². The van der Waals surface area contributed by atoms with E-state index in [1.807, 2.05) is 26.0 Å². The number of aromatic nitrogens is 1. The average Bonchev–Trinajstić information content (AvgIpc) is 2.36. The first-order valence-corrected chi connectivity index (χ1v) is 6.57. The minimum absolute atomic E-state index is 0.644. The third kappa shape index (κ3) is 6.36. The van der Waals surface area contributed by atoms with E-state index in [-0.39, 0.29) is 0 Å². The highest BCUT2D eigenvalue weighted by Crippen LogP contribution is 2.17. The van der Waals surface area contributed by atoms with Gasteiger partial charge in [0.25, 0.3) is 0 Å². The molecule has 1 N–H and O–H groups in total. The Morgan fingerprint density at radius 1 is 1.37 bits per heavy atom. The van der Waals surface area contributed by atoms with Crippen molar-refractivity contribution in [3.8, 4) is 5.75 Å². The molecule has 0 unspecified atom stereocenters. The highest BCUT2D eigenvalue weighted by molar-refractivity contribution is 5.29. The molecule has 0 aliphatic carbocycles. The monoisotopic (exact) mass is 264 g/mol. The topological polar surface area (TPSA) is 43.4 Å². The lowest BCUT2D eigenvalue weighted by Gasteiger charge is -2.12. The highest BCUT2D eigenvalue weighted by Gasteiger charge is 2.05. The molecule has 4 heteroatoms. The summed E-state index contributed by atoms with van der Waals surface area (Å²) >= 11 is 0. The van der Waals surface area contributed by atoms with Gasteiger partial charge in [-0.2, -0.15) is 0 Å². The van der Waals surface area contributed by atoms with Crippen LogP contribution in [0.25, 0.3) is 0 Å². The highest BCUT2D eigenvalue weighted by atomic mass is 16.5. The lowest BCUT2D eigenvalue weighted by molar-refractivity contribution is 0.199. The first-order chi connectivity index (χ1) is 9.13. The molecular weight excluding hydrogens is 240 g/mol. The van der Waals surface area contributed by atoms with E-state index in [1.165, 1.54) is 0 Å². The molecule has 0 bridgehead atoms. The number of ether oxygens (including phenoxy) is 2. The van der Waals surface area contributed by atoms with E-state index in [2.05, 4.69) is 16.9 Å². The summed E-state index contributed by atoms with van der Waals surface area (Å²) in [6.45, 7) is 10.7. The summed E-state index contributed by atoms with van der Waals surface area (Å²) in [5.41, 5.74) is 3.06. The van der Waals surface area contributed by atoms with E-state index >= 15 is 0 Å². The van der Waals surface area contributed by atoms with Crippen molar-refractivity contribution >= 4 is 0 Å². The largest absolute Gasteiger partial charge is 0.491 e. The van der Waals surface area contributed by atoms with E-state index in [9.17, 15) is 0 Å². The van der Waals surface area contributed by atoms with Crippen LogP contribution in [0.4, 0.5) is 0 Å². The predicted molar refractivity (Wildman–Crippen MR) is 77.5 cm³/mol. The number of hydrogen-bond acceptors (Lipinski definition) is 4. The van der Waals surface area contributed by atoms with Crippen molar-refractivity contribution < 1.29 is 9.47 Å². The molecule has 0 radical (unpaired) electrons. The molecule has 19 heavy (non-hydrogen) atoms. The van der Waals surface area contributed by atoms with Crippen LogP contribution in [0.1, 0.15) is 24.7 Å². The molecule has 0 spiro atoms. The lowest BCUT2D eigenvalue weighted by atomic mass is 10.2. The molecule has 1 rings (SSSR count). The van der Waals surface area contributed by atoms with Crippen molar-refractivity contribution in [2.75, 3.05) is 26.9 Å². The first kappa shape index (κ1) is 15.7. The van der Waals surface area contributed by atoms with Gasteiger partial charge in [-0.25, -0.2) is 0 Å². The predicted octanol–water partition coefficient (Wildman–Crippen LogP) is 2.47. The number of hydrogen-bond donors (Lipinski definition) is 1. The molecule has 0 fully saturated rings. The quantitative estimate of drug-likeness (QED) is 0.549. The third-order valence-corrected chi connectivity index (χ3v) is 2.63. The Morgan fingerprint density at radius 2 is 2.16 bits per heavy atom. The van der Waals surface area contributed by atoms with Gasteiger partial charge < -0.3 is 14.8 Å². The van der Waals surface area contributed by atoms with Crippen molar-refractivity contribution in [1.29, 1.82) is 0 Å². The van der Waals surface area contributed by atoms with Crippen LogP contribution < -0.4 is 10.1 Å². The molecule has 1 heterocycles. The van der Waals surface area contributed by atoms with Crippen molar-refractivity contribution in [3.05, 3.63) is 35.7 Å². The van der Waals surface area contributed by atoms with Crippen molar-refractivity contribution in [1.82, 2.24) is 10.3 Å². The summed E-state index contributed by atoms with van der Waals surface area (Å²) in [6, 6.07) is 3.95. The van der Waals surface area contributed by atoms with Crippen molar-refractivity contribution in [2.45, 2.75) is 26.8 Å². The summed E-state index contributed by atoms with van der Waals surface area (Å²) in [5, 5.41) is 3.28. The van der Waals surface area contributed by atoms with Gasteiger partial charge in [0.15, 0.2) is 0 Å². The zero-order valence-corrected chi connectivity index (χ0v) is 12.2. The van der Waals surface area contributed by atoms with Crippen LogP contribution in [0.2, 0.25) is 0 Å².